The van der Waals surface area contributed by atoms with E-state index >= 15 is 0 Å². The highest BCUT2D eigenvalue weighted by Gasteiger charge is 2.09. The van der Waals surface area contributed by atoms with Gasteiger partial charge in [0, 0.05) is 18.3 Å². The molecule has 0 amide bonds. The van der Waals surface area contributed by atoms with Crippen LogP contribution in [0.2, 0.25) is 0 Å². The third-order valence-corrected chi connectivity index (χ3v) is 4.10. The van der Waals surface area contributed by atoms with Crippen molar-refractivity contribution in [3.8, 4) is 0 Å². The van der Waals surface area contributed by atoms with Crippen LogP contribution in [0, 0.1) is 5.92 Å². The average Bonchev–Trinajstić information content (AvgIpc) is 2.83. The number of nitrogen functional groups attached to an aromatic ring is 1. The minimum Gasteiger partial charge on any atom is -0.382 e. The molecule has 0 aliphatic carbocycles. The maximum atomic E-state index is 5.80. The fraction of sp³-hybridized carbons (Fsp3) is 0.538. The number of nitrogens with zero attached hydrogens (tertiary/aromatic N) is 2. The quantitative estimate of drug-likeness (QED) is 0.722. The van der Waals surface area contributed by atoms with Gasteiger partial charge in [-0.25, -0.2) is 9.97 Å². The highest BCUT2D eigenvalue weighted by atomic mass is 32.2. The number of thioether (sulfide) groups is 1. The Kier molecular flexibility index (Phi) is 5.04. The Balaban J connectivity index is 1.97. The van der Waals surface area contributed by atoms with E-state index in [2.05, 4.69) is 33.4 Å². The third-order valence-electron chi connectivity index (χ3n) is 3.30. The predicted molar refractivity (Wildman–Crippen MR) is 82.2 cm³/mol. The number of aromatic amines is 1. The SMILES string of the molecule is CCC(CNCc1c[nH]c2c(N)ncnc12)CSC. The second kappa shape index (κ2) is 6.77. The number of rotatable bonds is 7. The zero-order valence-electron chi connectivity index (χ0n) is 11.4. The largest absolute Gasteiger partial charge is 0.382 e. The summed E-state index contributed by atoms with van der Waals surface area (Å²) in [4.78, 5) is 11.4. The number of aromatic nitrogens is 3. The van der Waals surface area contributed by atoms with Crippen molar-refractivity contribution in [3.63, 3.8) is 0 Å². The van der Waals surface area contributed by atoms with E-state index in [0.717, 1.165) is 35.6 Å². The van der Waals surface area contributed by atoms with Crippen LogP contribution in [-0.4, -0.2) is 33.5 Å². The molecule has 2 aromatic rings. The summed E-state index contributed by atoms with van der Waals surface area (Å²) in [6.07, 6.45) is 6.83. The van der Waals surface area contributed by atoms with Crippen LogP contribution >= 0.6 is 11.8 Å². The lowest BCUT2D eigenvalue weighted by molar-refractivity contribution is 0.508. The maximum absolute atomic E-state index is 5.80. The van der Waals surface area contributed by atoms with Gasteiger partial charge < -0.3 is 16.0 Å². The molecule has 0 spiro atoms. The van der Waals surface area contributed by atoms with Crippen LogP contribution in [0.15, 0.2) is 12.5 Å². The van der Waals surface area contributed by atoms with Gasteiger partial charge in [0.05, 0.1) is 5.52 Å². The van der Waals surface area contributed by atoms with Crippen molar-refractivity contribution in [1.29, 1.82) is 0 Å². The van der Waals surface area contributed by atoms with Crippen LogP contribution in [-0.2, 0) is 6.54 Å². The molecule has 104 valence electrons. The Hall–Kier alpha value is -1.27. The molecule has 2 aromatic heterocycles. The molecule has 1 atom stereocenters. The Labute approximate surface area is 117 Å². The molecule has 6 heteroatoms. The summed E-state index contributed by atoms with van der Waals surface area (Å²) in [5.41, 5.74) is 8.69. The molecule has 2 rings (SSSR count). The van der Waals surface area contributed by atoms with Crippen LogP contribution in [0.4, 0.5) is 5.82 Å². The Bertz CT molecular complexity index is 525. The monoisotopic (exact) mass is 279 g/mol. The van der Waals surface area contributed by atoms with Crippen molar-refractivity contribution in [2.45, 2.75) is 19.9 Å². The molecule has 4 N–H and O–H groups in total. The highest BCUT2D eigenvalue weighted by Crippen LogP contribution is 2.19. The summed E-state index contributed by atoms with van der Waals surface area (Å²) in [6, 6.07) is 0. The van der Waals surface area contributed by atoms with Gasteiger partial charge >= 0.3 is 0 Å². The van der Waals surface area contributed by atoms with Crippen LogP contribution in [0.25, 0.3) is 11.0 Å². The van der Waals surface area contributed by atoms with Crippen LogP contribution in [0.3, 0.4) is 0 Å². The third kappa shape index (κ3) is 3.39. The standard InChI is InChI=1S/C13H21N5S/c1-3-9(7-19-2)4-15-5-10-6-16-12-11(10)17-8-18-13(12)14/h6,8-9,15-16H,3-5,7H2,1-2H3,(H2,14,17,18). The summed E-state index contributed by atoms with van der Waals surface area (Å²) in [7, 11) is 0. The van der Waals surface area contributed by atoms with Gasteiger partial charge in [-0.2, -0.15) is 11.8 Å². The predicted octanol–water partition coefficient (Wildman–Crippen LogP) is 2.02. The zero-order chi connectivity index (χ0) is 13.7. The van der Waals surface area contributed by atoms with Gasteiger partial charge in [-0.1, -0.05) is 13.3 Å². The minimum atomic E-state index is 0.505. The molecule has 0 fully saturated rings. The molecule has 2 heterocycles. The van der Waals surface area contributed by atoms with Gasteiger partial charge in [0.2, 0.25) is 0 Å². The first-order chi connectivity index (χ1) is 9.26. The molecular formula is C13H21N5S. The van der Waals surface area contributed by atoms with E-state index in [1.54, 1.807) is 0 Å². The Morgan fingerprint density at radius 2 is 2.32 bits per heavy atom. The molecule has 0 aliphatic heterocycles. The number of H-pyrrole nitrogens is 1. The second-order valence-corrected chi connectivity index (χ2v) is 5.57. The maximum Gasteiger partial charge on any atom is 0.151 e. The van der Waals surface area contributed by atoms with Crippen LogP contribution in [0.5, 0.6) is 0 Å². The Morgan fingerprint density at radius 1 is 1.47 bits per heavy atom. The number of anilines is 1. The van der Waals surface area contributed by atoms with Crippen molar-refractivity contribution in [2.24, 2.45) is 5.92 Å². The summed E-state index contributed by atoms with van der Waals surface area (Å²) in [5, 5.41) is 3.50. The van der Waals surface area contributed by atoms with Crippen molar-refractivity contribution < 1.29 is 0 Å². The first kappa shape index (κ1) is 14.1. The molecule has 0 bridgehead atoms. The van der Waals surface area contributed by atoms with Gasteiger partial charge in [-0.3, -0.25) is 0 Å². The summed E-state index contributed by atoms with van der Waals surface area (Å²) in [6.45, 7) is 4.08. The molecule has 0 aromatic carbocycles. The number of nitrogens with one attached hydrogen (secondary N) is 2. The highest BCUT2D eigenvalue weighted by molar-refractivity contribution is 7.98. The molecule has 1 unspecified atom stereocenters. The van der Waals surface area contributed by atoms with Crippen molar-refractivity contribution >= 4 is 28.6 Å². The fourth-order valence-electron chi connectivity index (χ4n) is 2.12. The van der Waals surface area contributed by atoms with Gasteiger partial charge in [-0.05, 0) is 24.5 Å². The molecule has 0 saturated carbocycles. The van der Waals surface area contributed by atoms with E-state index in [4.69, 9.17) is 5.73 Å². The molecule has 0 aliphatic rings. The first-order valence-corrected chi connectivity index (χ1v) is 7.91. The number of fused-ring (bicyclic) bond motifs is 1. The van der Waals surface area contributed by atoms with Crippen LogP contribution < -0.4 is 11.1 Å². The van der Waals surface area contributed by atoms with Gasteiger partial charge in [0.1, 0.15) is 11.8 Å². The number of nitrogens with two attached hydrogens (primary N) is 1. The van der Waals surface area contributed by atoms with E-state index < -0.39 is 0 Å². The van der Waals surface area contributed by atoms with Gasteiger partial charge in [0.15, 0.2) is 5.82 Å². The first-order valence-electron chi connectivity index (χ1n) is 6.52. The zero-order valence-corrected chi connectivity index (χ0v) is 12.3. The van der Waals surface area contributed by atoms with E-state index in [0.29, 0.717) is 5.82 Å². The van der Waals surface area contributed by atoms with Gasteiger partial charge in [0.25, 0.3) is 0 Å². The molecule has 5 nitrogen and oxygen atoms in total. The molecule has 0 saturated heterocycles. The van der Waals surface area contributed by atoms with Crippen molar-refractivity contribution in [2.75, 3.05) is 24.3 Å². The number of hydrogen-bond donors (Lipinski definition) is 3. The molecular weight excluding hydrogens is 258 g/mol. The molecule has 19 heavy (non-hydrogen) atoms. The smallest absolute Gasteiger partial charge is 0.151 e. The van der Waals surface area contributed by atoms with Crippen molar-refractivity contribution in [3.05, 3.63) is 18.1 Å². The Morgan fingerprint density at radius 3 is 3.05 bits per heavy atom. The lowest BCUT2D eigenvalue weighted by Crippen LogP contribution is -2.23. The van der Waals surface area contributed by atoms with E-state index in [9.17, 15) is 0 Å². The number of hydrogen-bond acceptors (Lipinski definition) is 5. The van der Waals surface area contributed by atoms with Crippen LogP contribution in [0.1, 0.15) is 18.9 Å². The fourth-order valence-corrected chi connectivity index (χ4v) is 2.94. The van der Waals surface area contributed by atoms with E-state index in [1.807, 2.05) is 18.0 Å². The minimum absolute atomic E-state index is 0.505. The summed E-state index contributed by atoms with van der Waals surface area (Å²) < 4.78 is 0. The van der Waals surface area contributed by atoms with Gasteiger partial charge in [-0.15, -0.1) is 0 Å². The lowest BCUT2D eigenvalue weighted by atomic mass is 10.1. The normalized spacial score (nSPS) is 12.9. The van der Waals surface area contributed by atoms with E-state index in [-0.39, 0.29) is 0 Å². The topological polar surface area (TPSA) is 79.6 Å². The summed E-state index contributed by atoms with van der Waals surface area (Å²) in [5.74, 6) is 2.43. The summed E-state index contributed by atoms with van der Waals surface area (Å²) >= 11 is 1.90. The average molecular weight is 279 g/mol. The van der Waals surface area contributed by atoms with E-state index in [1.165, 1.54) is 18.5 Å². The van der Waals surface area contributed by atoms with Crippen molar-refractivity contribution in [1.82, 2.24) is 20.3 Å². The second-order valence-electron chi connectivity index (χ2n) is 4.66. The lowest BCUT2D eigenvalue weighted by Gasteiger charge is -2.13. The molecule has 0 radical (unpaired) electrons.